The predicted molar refractivity (Wildman–Crippen MR) is 84.0 cm³/mol. The van der Waals surface area contributed by atoms with Crippen LogP contribution < -0.4 is 5.06 Å². The van der Waals surface area contributed by atoms with Gasteiger partial charge in [-0.15, -0.1) is 0 Å². The van der Waals surface area contributed by atoms with Crippen molar-refractivity contribution in [2.45, 2.75) is 44.6 Å². The number of anilines is 1. The second kappa shape index (κ2) is 8.37. The van der Waals surface area contributed by atoms with E-state index >= 15 is 0 Å². The van der Waals surface area contributed by atoms with Gasteiger partial charge in [0, 0.05) is 13.8 Å². The van der Waals surface area contributed by atoms with Gasteiger partial charge in [-0.2, -0.15) is 5.06 Å². The van der Waals surface area contributed by atoms with Crippen molar-refractivity contribution in [3.8, 4) is 0 Å². The Bertz CT molecular complexity index is 595. The Morgan fingerprint density at radius 2 is 1.80 bits per heavy atom. The quantitative estimate of drug-likeness (QED) is 0.470. The highest BCUT2D eigenvalue weighted by atomic mass is 16.8. The van der Waals surface area contributed by atoms with Crippen LogP contribution >= 0.6 is 0 Å². The molecule has 0 spiro atoms. The van der Waals surface area contributed by atoms with E-state index in [9.17, 15) is 24.9 Å². The molecule has 1 aromatic rings. The van der Waals surface area contributed by atoms with Crippen LogP contribution in [0, 0.1) is 0 Å². The Balaban J connectivity index is 2.27. The van der Waals surface area contributed by atoms with Crippen LogP contribution in [0.1, 0.15) is 13.8 Å². The number of benzene rings is 1. The van der Waals surface area contributed by atoms with E-state index in [1.165, 1.54) is 6.92 Å². The summed E-state index contributed by atoms with van der Waals surface area (Å²) in [5.41, 5.74) is 0.390. The molecule has 9 nitrogen and oxygen atoms in total. The third kappa shape index (κ3) is 4.53. The average Bonchev–Trinajstić information content (AvgIpc) is 2.58. The number of carbonyl (C=O) groups is 2. The summed E-state index contributed by atoms with van der Waals surface area (Å²) in [4.78, 5) is 28.7. The largest absolute Gasteiger partial charge is 0.454 e. The number of hydrogen-bond acceptors (Lipinski definition) is 8. The summed E-state index contributed by atoms with van der Waals surface area (Å²) in [6.07, 6.45) is -7.03. The second-order valence-corrected chi connectivity index (χ2v) is 5.54. The summed E-state index contributed by atoms with van der Waals surface area (Å²) in [6, 6.07) is 8.35. The lowest BCUT2D eigenvalue weighted by Gasteiger charge is -2.42. The maximum atomic E-state index is 11.9. The molecule has 0 saturated carbocycles. The normalized spacial score (nSPS) is 29.1. The van der Waals surface area contributed by atoms with Gasteiger partial charge < -0.3 is 24.8 Å². The SMILES string of the molecule is CC(=O)O[C@H]1[C@H](ON(C(C)=O)c2ccccc2)O[C@H](CO)[C@@H](O)[C@@H]1O. The first kappa shape index (κ1) is 19.3. The van der Waals surface area contributed by atoms with Gasteiger partial charge in [0.25, 0.3) is 0 Å². The zero-order valence-corrected chi connectivity index (χ0v) is 13.8. The molecule has 1 aliphatic rings. The summed E-state index contributed by atoms with van der Waals surface area (Å²) in [6.45, 7) is 1.77. The predicted octanol–water partition coefficient (Wildman–Crippen LogP) is -0.658. The fourth-order valence-corrected chi connectivity index (χ4v) is 2.44. The van der Waals surface area contributed by atoms with E-state index in [0.29, 0.717) is 5.69 Å². The van der Waals surface area contributed by atoms with Crippen LogP contribution in [0.2, 0.25) is 0 Å². The zero-order valence-electron chi connectivity index (χ0n) is 13.8. The molecular weight excluding hydrogens is 334 g/mol. The minimum atomic E-state index is -1.57. The topological polar surface area (TPSA) is 126 Å². The highest BCUT2D eigenvalue weighted by molar-refractivity contribution is 5.89. The van der Waals surface area contributed by atoms with Gasteiger partial charge in [0.1, 0.15) is 18.3 Å². The number of hydrogen-bond donors (Lipinski definition) is 3. The van der Waals surface area contributed by atoms with Crippen molar-refractivity contribution < 1.29 is 39.2 Å². The number of hydroxylamine groups is 1. The number of ether oxygens (including phenoxy) is 2. The molecule has 0 aliphatic carbocycles. The Labute approximate surface area is 144 Å². The minimum Gasteiger partial charge on any atom is -0.454 e. The Kier molecular flexibility index (Phi) is 6.45. The zero-order chi connectivity index (χ0) is 18.6. The van der Waals surface area contributed by atoms with Crippen molar-refractivity contribution >= 4 is 17.6 Å². The lowest BCUT2D eigenvalue weighted by molar-refractivity contribution is -0.305. The number of aliphatic hydroxyl groups is 3. The molecule has 1 heterocycles. The van der Waals surface area contributed by atoms with Crippen molar-refractivity contribution in [2.75, 3.05) is 11.7 Å². The highest BCUT2D eigenvalue weighted by Gasteiger charge is 2.48. The van der Waals surface area contributed by atoms with E-state index in [1.807, 2.05) is 0 Å². The maximum absolute atomic E-state index is 11.9. The number of carbonyl (C=O) groups excluding carboxylic acids is 2. The molecule has 1 aromatic carbocycles. The molecule has 1 amide bonds. The van der Waals surface area contributed by atoms with Crippen LogP contribution in [0.15, 0.2) is 30.3 Å². The van der Waals surface area contributed by atoms with E-state index in [4.69, 9.17) is 14.3 Å². The molecule has 0 bridgehead atoms. The summed E-state index contributed by atoms with van der Waals surface area (Å²) < 4.78 is 10.4. The minimum absolute atomic E-state index is 0.390. The molecule has 1 fully saturated rings. The summed E-state index contributed by atoms with van der Waals surface area (Å²) in [5.74, 6) is -1.22. The van der Waals surface area contributed by atoms with Crippen molar-refractivity contribution in [1.29, 1.82) is 0 Å². The molecular formula is C16H21NO8. The Morgan fingerprint density at radius 1 is 1.16 bits per heavy atom. The van der Waals surface area contributed by atoms with E-state index in [0.717, 1.165) is 12.0 Å². The first-order valence-corrected chi connectivity index (χ1v) is 7.67. The second-order valence-electron chi connectivity index (χ2n) is 5.54. The van der Waals surface area contributed by atoms with Crippen molar-refractivity contribution in [2.24, 2.45) is 0 Å². The van der Waals surface area contributed by atoms with Gasteiger partial charge >= 0.3 is 5.97 Å². The van der Waals surface area contributed by atoms with Gasteiger partial charge in [-0.25, -0.2) is 4.84 Å². The van der Waals surface area contributed by atoms with Crippen LogP contribution in [0.4, 0.5) is 5.69 Å². The lowest BCUT2D eigenvalue weighted by Crippen LogP contribution is -2.61. The van der Waals surface area contributed by atoms with Crippen LogP contribution in [-0.2, 0) is 23.9 Å². The van der Waals surface area contributed by atoms with Crippen molar-refractivity contribution in [3.05, 3.63) is 30.3 Å². The van der Waals surface area contributed by atoms with Crippen LogP contribution in [0.3, 0.4) is 0 Å². The molecule has 1 aliphatic heterocycles. The number of nitrogens with zero attached hydrogens (tertiary/aromatic N) is 1. The molecule has 9 heteroatoms. The molecule has 5 atom stereocenters. The fraction of sp³-hybridized carbons (Fsp3) is 0.500. The Morgan fingerprint density at radius 3 is 2.32 bits per heavy atom. The number of rotatable bonds is 5. The molecule has 1 saturated heterocycles. The maximum Gasteiger partial charge on any atom is 0.303 e. The smallest absolute Gasteiger partial charge is 0.303 e. The van der Waals surface area contributed by atoms with E-state index in [-0.39, 0.29) is 0 Å². The molecule has 138 valence electrons. The third-order valence-electron chi connectivity index (χ3n) is 3.61. The molecule has 2 rings (SSSR count). The highest BCUT2D eigenvalue weighted by Crippen LogP contribution is 2.27. The third-order valence-corrected chi connectivity index (χ3v) is 3.61. The van der Waals surface area contributed by atoms with E-state index in [2.05, 4.69) is 0 Å². The van der Waals surface area contributed by atoms with Gasteiger partial charge in [-0.3, -0.25) is 9.59 Å². The van der Waals surface area contributed by atoms with Gasteiger partial charge in [-0.05, 0) is 12.1 Å². The first-order valence-electron chi connectivity index (χ1n) is 7.67. The summed E-state index contributed by atoms with van der Waals surface area (Å²) in [5, 5.41) is 30.3. The van der Waals surface area contributed by atoms with Crippen LogP contribution in [-0.4, -0.2) is 64.5 Å². The van der Waals surface area contributed by atoms with Crippen LogP contribution in [0.25, 0.3) is 0 Å². The molecule has 0 aromatic heterocycles. The number of para-hydroxylation sites is 1. The Hall–Kier alpha value is -2.04. The summed E-state index contributed by atoms with van der Waals surface area (Å²) in [7, 11) is 0. The number of amides is 1. The molecule has 3 N–H and O–H groups in total. The molecule has 25 heavy (non-hydrogen) atoms. The molecule has 0 radical (unpaired) electrons. The summed E-state index contributed by atoms with van der Waals surface area (Å²) >= 11 is 0. The van der Waals surface area contributed by atoms with Crippen molar-refractivity contribution in [3.63, 3.8) is 0 Å². The number of aliphatic hydroxyl groups excluding tert-OH is 3. The number of esters is 1. The monoisotopic (exact) mass is 355 g/mol. The fourth-order valence-electron chi connectivity index (χ4n) is 2.44. The average molecular weight is 355 g/mol. The van der Waals surface area contributed by atoms with Crippen LogP contribution in [0.5, 0.6) is 0 Å². The van der Waals surface area contributed by atoms with Gasteiger partial charge in [-0.1, -0.05) is 18.2 Å². The van der Waals surface area contributed by atoms with Gasteiger partial charge in [0.2, 0.25) is 12.2 Å². The van der Waals surface area contributed by atoms with E-state index in [1.54, 1.807) is 30.3 Å². The lowest BCUT2D eigenvalue weighted by atomic mass is 9.99. The van der Waals surface area contributed by atoms with Gasteiger partial charge in [0.15, 0.2) is 6.10 Å². The standard InChI is InChI=1S/C16H21NO8/c1-9(19)17(11-6-4-3-5-7-11)25-16-15(23-10(2)20)14(22)13(21)12(8-18)24-16/h3-7,12-16,18,21-22H,8H2,1-2H3/t12-,13-,14+,15-,16+/m1/s1. The molecule has 0 unspecified atom stereocenters. The van der Waals surface area contributed by atoms with Gasteiger partial charge in [0.05, 0.1) is 12.3 Å². The van der Waals surface area contributed by atoms with Crippen molar-refractivity contribution in [1.82, 2.24) is 0 Å². The van der Waals surface area contributed by atoms with E-state index < -0.39 is 49.2 Å². The first-order chi connectivity index (χ1) is 11.8.